The summed E-state index contributed by atoms with van der Waals surface area (Å²) in [5.41, 5.74) is 1.94. The van der Waals surface area contributed by atoms with Gasteiger partial charge < -0.3 is 9.30 Å². The first-order chi connectivity index (χ1) is 15.2. The standard InChI is InChI=1S/C23H24N4O2S2/c1-17-9-10-19(29-2)21-22(17)31-23(25-21)27(13-6-12-26-14-11-24-16-26)20(28)15-30-18-7-4-3-5-8-18/h3-5,7-11,14,16H,6,12-13,15H2,1-2H3. The van der Waals surface area contributed by atoms with Gasteiger partial charge in [-0.25, -0.2) is 9.97 Å². The number of hydrogen-bond donors (Lipinski definition) is 0. The van der Waals surface area contributed by atoms with Crippen molar-refractivity contribution in [2.24, 2.45) is 0 Å². The van der Waals surface area contributed by atoms with Crippen molar-refractivity contribution in [2.75, 3.05) is 24.3 Å². The lowest BCUT2D eigenvalue weighted by atomic mass is 10.2. The Bertz CT molecular complexity index is 1140. The number of carbonyl (C=O) groups excluding carboxylic acids is 1. The summed E-state index contributed by atoms with van der Waals surface area (Å²) in [6.45, 7) is 3.44. The molecule has 2 aromatic heterocycles. The van der Waals surface area contributed by atoms with E-state index in [1.807, 2.05) is 58.1 Å². The summed E-state index contributed by atoms with van der Waals surface area (Å²) in [5, 5.41) is 0.715. The lowest BCUT2D eigenvalue weighted by molar-refractivity contribution is -0.116. The summed E-state index contributed by atoms with van der Waals surface area (Å²) in [6, 6.07) is 13.9. The monoisotopic (exact) mass is 452 g/mol. The SMILES string of the molecule is COc1ccc(C)c2sc(N(CCCn3ccnc3)C(=O)CSc3ccccc3)nc12. The molecule has 0 atom stereocenters. The second-order valence-electron chi connectivity index (χ2n) is 7.06. The van der Waals surface area contributed by atoms with Crippen LogP contribution in [0.5, 0.6) is 5.75 Å². The van der Waals surface area contributed by atoms with Gasteiger partial charge >= 0.3 is 0 Å². The molecule has 2 heterocycles. The summed E-state index contributed by atoms with van der Waals surface area (Å²) >= 11 is 3.09. The number of anilines is 1. The number of ether oxygens (including phenoxy) is 1. The largest absolute Gasteiger partial charge is 0.494 e. The predicted molar refractivity (Wildman–Crippen MR) is 127 cm³/mol. The molecule has 4 aromatic rings. The Labute approximate surface area is 189 Å². The van der Waals surface area contributed by atoms with E-state index < -0.39 is 0 Å². The van der Waals surface area contributed by atoms with Gasteiger partial charge in [0.2, 0.25) is 5.91 Å². The van der Waals surface area contributed by atoms with E-state index in [4.69, 9.17) is 9.72 Å². The highest BCUT2D eigenvalue weighted by atomic mass is 32.2. The van der Waals surface area contributed by atoms with Crippen LogP contribution < -0.4 is 9.64 Å². The Morgan fingerprint density at radius 2 is 2.06 bits per heavy atom. The van der Waals surface area contributed by atoms with Crippen LogP contribution in [0.25, 0.3) is 10.2 Å². The van der Waals surface area contributed by atoms with Gasteiger partial charge in [0.1, 0.15) is 11.3 Å². The summed E-state index contributed by atoms with van der Waals surface area (Å²) in [5.74, 6) is 1.14. The van der Waals surface area contributed by atoms with Gasteiger partial charge in [0.15, 0.2) is 5.13 Å². The van der Waals surface area contributed by atoms with Gasteiger partial charge in [-0.1, -0.05) is 35.6 Å². The molecule has 0 aliphatic carbocycles. The number of amides is 1. The molecule has 0 fully saturated rings. The maximum absolute atomic E-state index is 13.2. The number of thiazole rings is 1. The number of rotatable bonds is 9. The van der Waals surface area contributed by atoms with Crippen molar-refractivity contribution in [1.82, 2.24) is 14.5 Å². The summed E-state index contributed by atoms with van der Waals surface area (Å²) in [4.78, 5) is 25.0. The van der Waals surface area contributed by atoms with Crippen LogP contribution in [0.3, 0.4) is 0 Å². The molecular weight excluding hydrogens is 428 g/mol. The lowest BCUT2D eigenvalue weighted by Gasteiger charge is -2.20. The number of fused-ring (bicyclic) bond motifs is 1. The van der Waals surface area contributed by atoms with Crippen LogP contribution >= 0.6 is 23.1 Å². The molecule has 0 N–H and O–H groups in total. The van der Waals surface area contributed by atoms with Crippen LogP contribution in [-0.4, -0.2) is 39.8 Å². The van der Waals surface area contributed by atoms with Crippen LogP contribution in [0.4, 0.5) is 5.13 Å². The molecule has 0 unspecified atom stereocenters. The topological polar surface area (TPSA) is 60.2 Å². The van der Waals surface area contributed by atoms with Crippen molar-refractivity contribution in [3.8, 4) is 5.75 Å². The highest BCUT2D eigenvalue weighted by Crippen LogP contribution is 2.36. The average molecular weight is 453 g/mol. The van der Waals surface area contributed by atoms with Crippen molar-refractivity contribution in [2.45, 2.75) is 24.8 Å². The van der Waals surface area contributed by atoms with E-state index in [9.17, 15) is 4.79 Å². The molecule has 8 heteroatoms. The van der Waals surface area contributed by atoms with E-state index in [1.54, 1.807) is 42.7 Å². The third-order valence-corrected chi connectivity index (χ3v) is 7.12. The second-order valence-corrected chi connectivity index (χ2v) is 9.09. The number of benzene rings is 2. The maximum atomic E-state index is 13.2. The number of thioether (sulfide) groups is 1. The van der Waals surface area contributed by atoms with Crippen LogP contribution in [-0.2, 0) is 11.3 Å². The van der Waals surface area contributed by atoms with Gasteiger partial charge in [-0.15, -0.1) is 11.8 Å². The van der Waals surface area contributed by atoms with E-state index in [0.717, 1.165) is 39.4 Å². The number of carbonyl (C=O) groups is 1. The van der Waals surface area contributed by atoms with E-state index in [-0.39, 0.29) is 5.91 Å². The van der Waals surface area contributed by atoms with E-state index in [0.29, 0.717) is 17.4 Å². The molecule has 4 rings (SSSR count). The zero-order valence-electron chi connectivity index (χ0n) is 17.5. The first kappa shape index (κ1) is 21.4. The number of hydrogen-bond acceptors (Lipinski definition) is 6. The molecule has 0 saturated heterocycles. The zero-order chi connectivity index (χ0) is 21.6. The normalized spacial score (nSPS) is 11.0. The number of aryl methyl sites for hydroxylation is 2. The fourth-order valence-electron chi connectivity index (χ4n) is 3.28. The van der Waals surface area contributed by atoms with Gasteiger partial charge in [-0.3, -0.25) is 9.69 Å². The maximum Gasteiger partial charge on any atom is 0.239 e. The van der Waals surface area contributed by atoms with Gasteiger partial charge in [-0.05, 0) is 37.1 Å². The fraction of sp³-hybridized carbons (Fsp3) is 0.261. The third kappa shape index (κ3) is 5.08. The average Bonchev–Trinajstić information content (AvgIpc) is 3.47. The first-order valence-electron chi connectivity index (χ1n) is 10.0. The molecule has 2 aromatic carbocycles. The molecule has 0 aliphatic rings. The number of methoxy groups -OCH3 is 1. The lowest BCUT2D eigenvalue weighted by Crippen LogP contribution is -2.33. The van der Waals surface area contributed by atoms with E-state index in [2.05, 4.69) is 11.9 Å². The Kier molecular flexibility index (Phi) is 6.89. The smallest absolute Gasteiger partial charge is 0.239 e. The van der Waals surface area contributed by atoms with Crippen molar-refractivity contribution >= 4 is 44.4 Å². The van der Waals surface area contributed by atoms with E-state index in [1.165, 1.54) is 0 Å². The fourth-order valence-corrected chi connectivity index (χ4v) is 5.17. The minimum absolute atomic E-state index is 0.0511. The highest BCUT2D eigenvalue weighted by molar-refractivity contribution is 8.00. The molecule has 6 nitrogen and oxygen atoms in total. The van der Waals surface area contributed by atoms with Crippen molar-refractivity contribution < 1.29 is 9.53 Å². The quantitative estimate of drug-likeness (QED) is 0.334. The minimum atomic E-state index is 0.0511. The highest BCUT2D eigenvalue weighted by Gasteiger charge is 2.21. The molecule has 0 radical (unpaired) electrons. The van der Waals surface area contributed by atoms with Crippen molar-refractivity contribution in [3.63, 3.8) is 0 Å². The predicted octanol–water partition coefficient (Wildman–Crippen LogP) is 5.03. The molecule has 0 aliphatic heterocycles. The Hall–Kier alpha value is -2.84. The molecule has 0 spiro atoms. The second kappa shape index (κ2) is 9.98. The van der Waals surface area contributed by atoms with Gasteiger partial charge in [0, 0.05) is 30.4 Å². The Balaban J connectivity index is 1.57. The number of nitrogens with zero attached hydrogens (tertiary/aromatic N) is 4. The summed E-state index contributed by atoms with van der Waals surface area (Å²) < 4.78 is 8.57. The summed E-state index contributed by atoms with van der Waals surface area (Å²) in [6.07, 6.45) is 6.30. The number of aromatic nitrogens is 3. The minimum Gasteiger partial charge on any atom is -0.494 e. The molecule has 160 valence electrons. The Morgan fingerprint density at radius 1 is 1.23 bits per heavy atom. The Morgan fingerprint density at radius 3 is 2.81 bits per heavy atom. The van der Waals surface area contributed by atoms with Gasteiger partial charge in [0.05, 0.1) is 23.9 Å². The summed E-state index contributed by atoms with van der Waals surface area (Å²) in [7, 11) is 1.65. The van der Waals surface area contributed by atoms with E-state index >= 15 is 0 Å². The molecule has 31 heavy (non-hydrogen) atoms. The van der Waals surface area contributed by atoms with Crippen LogP contribution in [0.1, 0.15) is 12.0 Å². The van der Waals surface area contributed by atoms with Gasteiger partial charge in [-0.2, -0.15) is 0 Å². The van der Waals surface area contributed by atoms with Crippen molar-refractivity contribution in [1.29, 1.82) is 0 Å². The van der Waals surface area contributed by atoms with Gasteiger partial charge in [0.25, 0.3) is 0 Å². The van der Waals surface area contributed by atoms with Crippen molar-refractivity contribution in [3.05, 3.63) is 66.7 Å². The van der Waals surface area contributed by atoms with Crippen LogP contribution in [0.2, 0.25) is 0 Å². The molecule has 1 amide bonds. The van der Waals surface area contributed by atoms with Crippen LogP contribution in [0, 0.1) is 6.92 Å². The molecular formula is C23H24N4O2S2. The first-order valence-corrected chi connectivity index (χ1v) is 11.8. The molecule has 0 bridgehead atoms. The number of imidazole rings is 1. The zero-order valence-corrected chi connectivity index (χ0v) is 19.2. The van der Waals surface area contributed by atoms with Crippen LogP contribution in [0.15, 0.2) is 66.1 Å². The molecule has 0 saturated carbocycles. The third-order valence-electron chi connectivity index (χ3n) is 4.91.